The van der Waals surface area contributed by atoms with Crippen LogP contribution in [0.15, 0.2) is 28.8 Å². The van der Waals surface area contributed by atoms with E-state index in [9.17, 15) is 0 Å². The van der Waals surface area contributed by atoms with E-state index < -0.39 is 0 Å². The van der Waals surface area contributed by atoms with Gasteiger partial charge in [-0.3, -0.25) is 0 Å². The standard InChI is InChI=1S/C17H21N3O/c18-10-11-5-7-12(8-6-11)17-19-16(20-21-17)15-9-13-3-1-2-4-14(13)15/h1-4,11-12,15H,5-10,18H2. The van der Waals surface area contributed by atoms with Gasteiger partial charge in [0.2, 0.25) is 5.89 Å². The van der Waals surface area contributed by atoms with E-state index in [0.29, 0.717) is 17.8 Å². The number of nitrogens with two attached hydrogens (primary N) is 1. The molecule has 2 aromatic rings. The summed E-state index contributed by atoms with van der Waals surface area (Å²) in [7, 11) is 0. The Morgan fingerprint density at radius 1 is 1.14 bits per heavy atom. The van der Waals surface area contributed by atoms with Gasteiger partial charge in [0.05, 0.1) is 5.92 Å². The van der Waals surface area contributed by atoms with Crippen molar-refractivity contribution in [1.29, 1.82) is 0 Å². The zero-order valence-electron chi connectivity index (χ0n) is 12.2. The molecule has 0 amide bonds. The normalized spacial score (nSPS) is 28.0. The molecule has 2 N–H and O–H groups in total. The molecule has 2 aliphatic carbocycles. The van der Waals surface area contributed by atoms with Crippen LogP contribution >= 0.6 is 0 Å². The Morgan fingerprint density at radius 3 is 2.71 bits per heavy atom. The van der Waals surface area contributed by atoms with Crippen molar-refractivity contribution in [2.24, 2.45) is 11.7 Å². The Bertz CT molecular complexity index is 628. The van der Waals surface area contributed by atoms with Gasteiger partial charge in [-0.15, -0.1) is 0 Å². The maximum Gasteiger partial charge on any atom is 0.229 e. The van der Waals surface area contributed by atoms with Gasteiger partial charge >= 0.3 is 0 Å². The molecule has 4 nitrogen and oxygen atoms in total. The van der Waals surface area contributed by atoms with E-state index in [-0.39, 0.29) is 0 Å². The maximum atomic E-state index is 5.75. The molecule has 1 saturated carbocycles. The first-order valence-corrected chi connectivity index (χ1v) is 7.96. The van der Waals surface area contributed by atoms with Crippen LogP contribution < -0.4 is 5.73 Å². The Morgan fingerprint density at radius 2 is 1.95 bits per heavy atom. The summed E-state index contributed by atoms with van der Waals surface area (Å²) in [6, 6.07) is 8.53. The van der Waals surface area contributed by atoms with E-state index in [1.165, 1.54) is 24.0 Å². The summed E-state index contributed by atoms with van der Waals surface area (Å²) in [5.74, 6) is 3.15. The molecule has 0 radical (unpaired) electrons. The first kappa shape index (κ1) is 13.0. The van der Waals surface area contributed by atoms with Crippen LogP contribution in [0.25, 0.3) is 0 Å². The van der Waals surface area contributed by atoms with Crippen LogP contribution in [0.3, 0.4) is 0 Å². The van der Waals surface area contributed by atoms with Crippen LogP contribution in [0, 0.1) is 5.92 Å². The average Bonchev–Trinajstić information content (AvgIpc) is 2.98. The molecule has 0 saturated heterocycles. The molecule has 1 atom stereocenters. The summed E-state index contributed by atoms with van der Waals surface area (Å²) in [5, 5.41) is 4.24. The van der Waals surface area contributed by atoms with Crippen molar-refractivity contribution in [2.45, 2.75) is 43.9 Å². The highest BCUT2D eigenvalue weighted by Gasteiger charge is 2.32. The van der Waals surface area contributed by atoms with Crippen LogP contribution in [-0.4, -0.2) is 16.7 Å². The lowest BCUT2D eigenvalue weighted by molar-refractivity contribution is 0.273. The lowest BCUT2D eigenvalue weighted by atomic mass is 9.77. The fourth-order valence-electron chi connectivity index (χ4n) is 3.69. The van der Waals surface area contributed by atoms with Crippen molar-refractivity contribution in [2.75, 3.05) is 6.54 Å². The fraction of sp³-hybridized carbons (Fsp3) is 0.529. The second-order valence-corrected chi connectivity index (χ2v) is 6.40. The Labute approximate surface area is 124 Å². The third-order valence-electron chi connectivity index (χ3n) is 5.15. The van der Waals surface area contributed by atoms with Gasteiger partial charge < -0.3 is 10.3 Å². The van der Waals surface area contributed by atoms with Crippen molar-refractivity contribution in [1.82, 2.24) is 10.1 Å². The number of rotatable bonds is 3. The second kappa shape index (κ2) is 5.26. The molecule has 0 bridgehead atoms. The zero-order chi connectivity index (χ0) is 14.2. The molecule has 0 aliphatic heterocycles. The largest absolute Gasteiger partial charge is 0.339 e. The quantitative estimate of drug-likeness (QED) is 0.940. The van der Waals surface area contributed by atoms with Gasteiger partial charge in [0, 0.05) is 5.92 Å². The number of fused-ring (bicyclic) bond motifs is 1. The Kier molecular flexibility index (Phi) is 3.26. The van der Waals surface area contributed by atoms with E-state index in [1.54, 1.807) is 0 Å². The first-order chi connectivity index (χ1) is 10.3. The molecular formula is C17H21N3O. The summed E-state index contributed by atoms with van der Waals surface area (Å²) in [5.41, 5.74) is 8.52. The van der Waals surface area contributed by atoms with Crippen molar-refractivity contribution in [3.8, 4) is 0 Å². The number of aromatic nitrogens is 2. The SMILES string of the molecule is NCC1CCC(c2nc(C3Cc4ccccc43)no2)CC1. The van der Waals surface area contributed by atoms with Gasteiger partial charge in [0.1, 0.15) is 0 Å². The highest BCUT2D eigenvalue weighted by molar-refractivity contribution is 5.43. The predicted octanol–water partition coefficient (Wildman–Crippen LogP) is 2.99. The van der Waals surface area contributed by atoms with Crippen LogP contribution in [0.2, 0.25) is 0 Å². The lowest BCUT2D eigenvalue weighted by Crippen LogP contribution is -2.21. The van der Waals surface area contributed by atoms with Crippen LogP contribution in [0.1, 0.15) is 60.4 Å². The Hall–Kier alpha value is -1.68. The van der Waals surface area contributed by atoms with Crippen LogP contribution in [-0.2, 0) is 6.42 Å². The van der Waals surface area contributed by atoms with Gasteiger partial charge in [-0.25, -0.2) is 0 Å². The van der Waals surface area contributed by atoms with Gasteiger partial charge in [-0.1, -0.05) is 29.4 Å². The number of nitrogens with zero attached hydrogens (tertiary/aromatic N) is 2. The lowest BCUT2D eigenvalue weighted by Gasteiger charge is -2.27. The summed E-state index contributed by atoms with van der Waals surface area (Å²) in [4.78, 5) is 4.70. The molecule has 1 unspecified atom stereocenters. The molecule has 1 heterocycles. The topological polar surface area (TPSA) is 64.9 Å². The van der Waals surface area contributed by atoms with Crippen molar-refractivity contribution >= 4 is 0 Å². The van der Waals surface area contributed by atoms with E-state index >= 15 is 0 Å². The molecule has 0 spiro atoms. The third kappa shape index (κ3) is 2.27. The fourth-order valence-corrected chi connectivity index (χ4v) is 3.69. The molecular weight excluding hydrogens is 262 g/mol. The van der Waals surface area contributed by atoms with E-state index in [0.717, 1.165) is 37.5 Å². The monoisotopic (exact) mass is 283 g/mol. The third-order valence-corrected chi connectivity index (χ3v) is 5.15. The summed E-state index contributed by atoms with van der Waals surface area (Å²) >= 11 is 0. The van der Waals surface area contributed by atoms with Crippen molar-refractivity contribution in [3.63, 3.8) is 0 Å². The minimum absolute atomic E-state index is 0.332. The van der Waals surface area contributed by atoms with Crippen LogP contribution in [0.5, 0.6) is 0 Å². The second-order valence-electron chi connectivity index (χ2n) is 6.40. The van der Waals surface area contributed by atoms with Gasteiger partial charge in [0.15, 0.2) is 5.82 Å². The highest BCUT2D eigenvalue weighted by atomic mass is 16.5. The van der Waals surface area contributed by atoms with Gasteiger partial charge in [-0.2, -0.15) is 4.98 Å². The molecule has 2 aliphatic rings. The Balaban J connectivity index is 1.48. The molecule has 4 heteroatoms. The van der Waals surface area contributed by atoms with Crippen LogP contribution in [0.4, 0.5) is 0 Å². The minimum atomic E-state index is 0.332. The molecule has 4 rings (SSSR count). The summed E-state index contributed by atoms with van der Waals surface area (Å²) in [6.45, 7) is 0.806. The molecule has 21 heavy (non-hydrogen) atoms. The smallest absolute Gasteiger partial charge is 0.229 e. The van der Waals surface area contributed by atoms with Crippen molar-refractivity contribution < 1.29 is 4.52 Å². The van der Waals surface area contributed by atoms with E-state index in [4.69, 9.17) is 15.2 Å². The number of hydrogen-bond donors (Lipinski definition) is 1. The molecule has 1 aromatic carbocycles. The number of hydrogen-bond acceptors (Lipinski definition) is 4. The zero-order valence-corrected chi connectivity index (χ0v) is 12.2. The average molecular weight is 283 g/mol. The van der Waals surface area contributed by atoms with Gasteiger partial charge in [-0.05, 0) is 55.7 Å². The molecule has 1 aromatic heterocycles. The first-order valence-electron chi connectivity index (χ1n) is 7.96. The number of benzene rings is 1. The highest BCUT2D eigenvalue weighted by Crippen LogP contribution is 2.40. The van der Waals surface area contributed by atoms with Crippen molar-refractivity contribution in [3.05, 3.63) is 47.1 Å². The molecule has 1 fully saturated rings. The minimum Gasteiger partial charge on any atom is -0.339 e. The van der Waals surface area contributed by atoms with E-state index in [1.807, 2.05) is 0 Å². The molecule has 110 valence electrons. The van der Waals surface area contributed by atoms with Gasteiger partial charge in [0.25, 0.3) is 0 Å². The van der Waals surface area contributed by atoms with E-state index in [2.05, 4.69) is 29.4 Å². The maximum absolute atomic E-state index is 5.75. The summed E-state index contributed by atoms with van der Waals surface area (Å²) in [6.07, 6.45) is 5.67. The predicted molar refractivity (Wildman–Crippen MR) is 80.0 cm³/mol. The summed E-state index contributed by atoms with van der Waals surface area (Å²) < 4.78 is 5.55.